The zero-order chi connectivity index (χ0) is 24.0. The van der Waals surface area contributed by atoms with E-state index >= 15 is 0 Å². The molecule has 1 radical (unpaired) electrons. The van der Waals surface area contributed by atoms with Crippen molar-refractivity contribution in [2.75, 3.05) is 0 Å². The standard InChI is InChI=1S/C30H21N2O2S/c33-32(34)26-17-10-18-27(21-26)35-31-30-28(23-13-6-2-7-14-23)19-25(22-11-4-1-5-12-22)20-29(30)24-15-8-3-9-16-24/h1-21H. The summed E-state index contributed by atoms with van der Waals surface area (Å²) in [7, 11) is 0. The maximum absolute atomic E-state index is 11.2. The van der Waals surface area contributed by atoms with Crippen LogP contribution in [0.5, 0.6) is 0 Å². The van der Waals surface area contributed by atoms with Crippen LogP contribution in [0.3, 0.4) is 0 Å². The van der Waals surface area contributed by atoms with Crippen LogP contribution in [0.1, 0.15) is 0 Å². The predicted octanol–water partition coefficient (Wildman–Crippen LogP) is 8.54. The van der Waals surface area contributed by atoms with Crippen LogP contribution >= 0.6 is 11.9 Å². The molecule has 169 valence electrons. The SMILES string of the molecule is O=[N+]([O-])c1cccc(S[N]c2c(-c3ccccc3)cc(-c3ccccc3)cc2-c2ccccc2)c1. The molecule has 5 aromatic rings. The van der Waals surface area contributed by atoms with Crippen molar-refractivity contribution in [2.24, 2.45) is 0 Å². The maximum Gasteiger partial charge on any atom is 0.270 e. The predicted molar refractivity (Wildman–Crippen MR) is 143 cm³/mol. The first-order valence-electron chi connectivity index (χ1n) is 11.2. The minimum Gasteiger partial charge on any atom is -0.258 e. The molecular formula is C30H21N2O2S. The molecule has 0 aromatic heterocycles. The second-order valence-electron chi connectivity index (χ2n) is 7.96. The Morgan fingerprint density at radius 2 is 1.09 bits per heavy atom. The van der Waals surface area contributed by atoms with Crippen LogP contribution < -0.4 is 4.72 Å². The van der Waals surface area contributed by atoms with Crippen LogP contribution in [-0.2, 0) is 0 Å². The Labute approximate surface area is 208 Å². The summed E-state index contributed by atoms with van der Waals surface area (Å²) in [4.78, 5) is 11.6. The van der Waals surface area contributed by atoms with Gasteiger partial charge in [-0.1, -0.05) is 97.1 Å². The van der Waals surface area contributed by atoms with Crippen molar-refractivity contribution >= 4 is 23.3 Å². The zero-order valence-electron chi connectivity index (χ0n) is 18.7. The van der Waals surface area contributed by atoms with E-state index in [1.807, 2.05) is 60.7 Å². The molecule has 5 aromatic carbocycles. The van der Waals surface area contributed by atoms with E-state index < -0.39 is 0 Å². The third kappa shape index (κ3) is 5.10. The number of nitrogens with zero attached hydrogens (tertiary/aromatic N) is 2. The number of non-ortho nitro benzene ring substituents is 1. The van der Waals surface area contributed by atoms with Crippen LogP contribution in [0.25, 0.3) is 33.4 Å². The Bertz CT molecular complexity index is 1400. The fourth-order valence-corrected chi connectivity index (χ4v) is 4.66. The summed E-state index contributed by atoms with van der Waals surface area (Å²) in [5.41, 5.74) is 7.23. The molecule has 4 nitrogen and oxygen atoms in total. The molecule has 0 bridgehead atoms. The minimum atomic E-state index is -0.385. The van der Waals surface area contributed by atoms with Crippen LogP contribution in [0.2, 0.25) is 0 Å². The first kappa shape index (κ1) is 22.4. The highest BCUT2D eigenvalue weighted by Crippen LogP contribution is 2.43. The van der Waals surface area contributed by atoms with Crippen LogP contribution in [0, 0.1) is 10.1 Å². The molecule has 0 atom stereocenters. The lowest BCUT2D eigenvalue weighted by atomic mass is 9.91. The fourth-order valence-electron chi connectivity index (χ4n) is 3.96. The Morgan fingerprint density at radius 3 is 1.60 bits per heavy atom. The fraction of sp³-hybridized carbons (Fsp3) is 0. The van der Waals surface area contributed by atoms with Crippen molar-refractivity contribution in [3.8, 4) is 33.4 Å². The topological polar surface area (TPSA) is 57.2 Å². The molecule has 35 heavy (non-hydrogen) atoms. The number of hydrogen-bond donors (Lipinski definition) is 0. The van der Waals surface area contributed by atoms with Gasteiger partial charge < -0.3 is 0 Å². The third-order valence-corrected chi connectivity index (χ3v) is 6.40. The molecule has 0 N–H and O–H groups in total. The van der Waals surface area contributed by atoms with Gasteiger partial charge in [-0.2, -0.15) is 0 Å². The van der Waals surface area contributed by atoms with Crippen molar-refractivity contribution in [3.63, 3.8) is 0 Å². The van der Waals surface area contributed by atoms with Gasteiger partial charge in [0.05, 0.1) is 10.6 Å². The average molecular weight is 474 g/mol. The van der Waals surface area contributed by atoms with Gasteiger partial charge in [-0.3, -0.25) is 10.1 Å². The van der Waals surface area contributed by atoms with E-state index in [0.29, 0.717) is 4.90 Å². The van der Waals surface area contributed by atoms with Gasteiger partial charge in [-0.25, -0.2) is 4.72 Å². The lowest BCUT2D eigenvalue weighted by Gasteiger charge is -2.18. The molecule has 0 saturated heterocycles. The summed E-state index contributed by atoms with van der Waals surface area (Å²) in [5, 5.41) is 11.2. The largest absolute Gasteiger partial charge is 0.270 e. The van der Waals surface area contributed by atoms with E-state index in [1.54, 1.807) is 12.1 Å². The van der Waals surface area contributed by atoms with Gasteiger partial charge in [0.2, 0.25) is 0 Å². The molecule has 0 heterocycles. The van der Waals surface area contributed by atoms with Gasteiger partial charge in [0, 0.05) is 40.1 Å². The molecule has 5 rings (SSSR count). The quantitative estimate of drug-likeness (QED) is 0.135. The van der Waals surface area contributed by atoms with Crippen molar-refractivity contribution in [1.29, 1.82) is 0 Å². The molecule has 0 saturated carbocycles. The Kier molecular flexibility index (Phi) is 6.59. The summed E-state index contributed by atoms with van der Waals surface area (Å²) >= 11 is 1.24. The molecule has 5 heteroatoms. The van der Waals surface area contributed by atoms with Crippen LogP contribution in [0.4, 0.5) is 11.4 Å². The van der Waals surface area contributed by atoms with Crippen LogP contribution in [-0.4, -0.2) is 4.92 Å². The first-order chi connectivity index (χ1) is 17.2. The van der Waals surface area contributed by atoms with Gasteiger partial charge in [0.15, 0.2) is 0 Å². The number of benzene rings is 5. The number of nitro groups is 1. The molecule has 0 aliphatic carbocycles. The summed E-state index contributed by atoms with van der Waals surface area (Å²) in [5.74, 6) is 0. The Morgan fingerprint density at radius 1 is 0.571 bits per heavy atom. The van der Waals surface area contributed by atoms with Crippen LogP contribution in [0.15, 0.2) is 132 Å². The average Bonchev–Trinajstić information content (AvgIpc) is 2.93. The summed E-state index contributed by atoms with van der Waals surface area (Å²) in [6.45, 7) is 0. The second kappa shape index (κ2) is 10.3. The van der Waals surface area contributed by atoms with E-state index in [9.17, 15) is 10.1 Å². The van der Waals surface area contributed by atoms with Gasteiger partial charge >= 0.3 is 0 Å². The van der Waals surface area contributed by atoms with Crippen molar-refractivity contribution < 1.29 is 4.92 Å². The maximum atomic E-state index is 11.2. The number of nitro benzene ring substituents is 1. The summed E-state index contributed by atoms with van der Waals surface area (Å²) < 4.78 is 4.96. The van der Waals surface area contributed by atoms with E-state index in [1.165, 1.54) is 18.0 Å². The molecule has 0 spiro atoms. The van der Waals surface area contributed by atoms with E-state index in [-0.39, 0.29) is 10.6 Å². The highest BCUT2D eigenvalue weighted by atomic mass is 32.2. The van der Waals surface area contributed by atoms with Crippen molar-refractivity contribution in [3.05, 3.63) is 138 Å². The minimum absolute atomic E-state index is 0.0520. The zero-order valence-corrected chi connectivity index (χ0v) is 19.6. The molecule has 0 unspecified atom stereocenters. The van der Waals surface area contributed by atoms with Gasteiger partial charge in [0.1, 0.15) is 0 Å². The molecule has 0 amide bonds. The number of rotatable bonds is 7. The second-order valence-corrected chi connectivity index (χ2v) is 8.79. The molecular weight excluding hydrogens is 452 g/mol. The smallest absolute Gasteiger partial charge is 0.258 e. The third-order valence-electron chi connectivity index (χ3n) is 5.66. The van der Waals surface area contributed by atoms with Gasteiger partial charge in [-0.15, -0.1) is 0 Å². The normalized spacial score (nSPS) is 10.6. The van der Waals surface area contributed by atoms with Crippen molar-refractivity contribution in [2.45, 2.75) is 4.90 Å². The van der Waals surface area contributed by atoms with E-state index in [0.717, 1.165) is 39.1 Å². The lowest BCUT2D eigenvalue weighted by Crippen LogP contribution is -1.96. The van der Waals surface area contributed by atoms with Gasteiger partial charge in [0.25, 0.3) is 5.69 Å². The summed E-state index contributed by atoms with van der Waals surface area (Å²) in [6, 6.07) is 41.6. The molecule has 0 aliphatic rings. The Balaban J connectivity index is 1.67. The van der Waals surface area contributed by atoms with Crippen molar-refractivity contribution in [1.82, 2.24) is 4.72 Å². The molecule has 0 aliphatic heterocycles. The number of hydrogen-bond acceptors (Lipinski definition) is 3. The molecule has 0 fully saturated rings. The van der Waals surface area contributed by atoms with Gasteiger partial charge in [-0.05, 0) is 40.5 Å². The van der Waals surface area contributed by atoms with E-state index in [2.05, 4.69) is 48.5 Å². The van der Waals surface area contributed by atoms with E-state index in [4.69, 9.17) is 4.72 Å². The lowest BCUT2D eigenvalue weighted by molar-refractivity contribution is -0.385. The Hall–Kier alpha value is -4.35. The highest BCUT2D eigenvalue weighted by molar-refractivity contribution is 7.97. The first-order valence-corrected chi connectivity index (χ1v) is 11.9. The monoisotopic (exact) mass is 473 g/mol. The highest BCUT2D eigenvalue weighted by Gasteiger charge is 2.17. The summed E-state index contributed by atoms with van der Waals surface area (Å²) in [6.07, 6.45) is 0.